The zero-order valence-electron chi connectivity index (χ0n) is 14.6. The third-order valence-corrected chi connectivity index (χ3v) is 4.67. The fourth-order valence-corrected chi connectivity index (χ4v) is 3.27. The minimum absolute atomic E-state index is 0.0540. The van der Waals surface area contributed by atoms with E-state index in [0.717, 1.165) is 29.4 Å². The van der Waals surface area contributed by atoms with Crippen molar-refractivity contribution in [3.8, 4) is 0 Å². The first kappa shape index (κ1) is 17.2. The molecule has 0 bridgehead atoms. The Morgan fingerprint density at radius 3 is 2.84 bits per heavy atom. The molecule has 0 unspecified atom stereocenters. The molecule has 134 valence electrons. The lowest BCUT2D eigenvalue weighted by Crippen LogP contribution is -2.48. The second-order valence-electron chi connectivity index (χ2n) is 6.60. The zero-order chi connectivity index (χ0) is 18.0. The Balaban J connectivity index is 1.76. The zero-order valence-corrected chi connectivity index (χ0v) is 14.6. The van der Waals surface area contributed by atoms with E-state index < -0.39 is 5.69 Å². The van der Waals surface area contributed by atoms with Crippen LogP contribution in [0.3, 0.4) is 0 Å². The number of nitrogens with zero attached hydrogens (tertiary/aromatic N) is 5. The van der Waals surface area contributed by atoms with E-state index in [-0.39, 0.29) is 24.1 Å². The molecule has 0 spiro atoms. The van der Waals surface area contributed by atoms with Gasteiger partial charge >= 0.3 is 5.69 Å². The molecule has 0 aliphatic carbocycles. The van der Waals surface area contributed by atoms with E-state index in [1.807, 2.05) is 22.7 Å². The Morgan fingerprint density at radius 1 is 1.32 bits per heavy atom. The van der Waals surface area contributed by atoms with Crippen molar-refractivity contribution in [2.75, 3.05) is 6.54 Å². The van der Waals surface area contributed by atoms with Gasteiger partial charge in [0.2, 0.25) is 5.91 Å². The van der Waals surface area contributed by atoms with Crippen LogP contribution in [0.15, 0.2) is 34.2 Å². The summed E-state index contributed by atoms with van der Waals surface area (Å²) in [4.78, 5) is 38.2. The monoisotopic (exact) mass is 345 g/mol. The molecule has 3 heterocycles. The number of carbonyl (C=O) groups excluding carboxylic acids is 1. The molecule has 1 aliphatic heterocycles. The summed E-state index contributed by atoms with van der Waals surface area (Å²) >= 11 is 0. The predicted molar refractivity (Wildman–Crippen MR) is 92.3 cm³/mol. The molecule has 0 saturated carbocycles. The Hall–Kier alpha value is -2.64. The molecular formula is C17H23N5O3. The minimum Gasteiger partial charge on any atom is -0.336 e. The fraction of sp³-hybridized carbons (Fsp3) is 0.529. The van der Waals surface area contributed by atoms with Crippen molar-refractivity contribution in [1.82, 2.24) is 23.8 Å². The normalized spacial score (nSPS) is 17.7. The summed E-state index contributed by atoms with van der Waals surface area (Å²) in [7, 11) is 1.41. The highest BCUT2D eigenvalue weighted by molar-refractivity contribution is 5.76. The molecule has 2 aromatic heterocycles. The number of amides is 1. The Labute approximate surface area is 145 Å². The topological polar surface area (TPSA) is 82.1 Å². The summed E-state index contributed by atoms with van der Waals surface area (Å²) in [6, 6.07) is 1.37. The van der Waals surface area contributed by atoms with Crippen LogP contribution in [0.1, 0.15) is 24.8 Å². The van der Waals surface area contributed by atoms with E-state index in [1.54, 1.807) is 6.20 Å². The number of hydrogen-bond donors (Lipinski definition) is 0. The Morgan fingerprint density at radius 2 is 2.12 bits per heavy atom. The second-order valence-corrected chi connectivity index (χ2v) is 6.60. The standard InChI is InChI=1S/C17H23N5O3/c1-13-9-18-21(10-13)11-14-5-3-4-7-22(14)16(24)12-20-8-6-15(23)19(2)17(20)25/h6,8-10,14H,3-5,7,11-12H2,1-2H3/t14-/m0/s1. The number of rotatable bonds is 4. The second kappa shape index (κ2) is 7.08. The summed E-state index contributed by atoms with van der Waals surface area (Å²) in [6.07, 6.45) is 8.12. The van der Waals surface area contributed by atoms with Crippen molar-refractivity contribution < 1.29 is 4.79 Å². The van der Waals surface area contributed by atoms with Gasteiger partial charge in [-0.1, -0.05) is 0 Å². The smallest absolute Gasteiger partial charge is 0.331 e. The average molecular weight is 345 g/mol. The highest BCUT2D eigenvalue weighted by Crippen LogP contribution is 2.19. The summed E-state index contributed by atoms with van der Waals surface area (Å²) in [5.41, 5.74) is 0.237. The van der Waals surface area contributed by atoms with Crippen LogP contribution in [0.25, 0.3) is 0 Å². The number of aromatic nitrogens is 4. The van der Waals surface area contributed by atoms with Crippen LogP contribution in [0, 0.1) is 6.92 Å². The molecule has 1 aliphatic rings. The van der Waals surface area contributed by atoms with E-state index in [9.17, 15) is 14.4 Å². The Bertz CT molecular complexity index is 879. The van der Waals surface area contributed by atoms with E-state index in [2.05, 4.69) is 5.10 Å². The first-order chi connectivity index (χ1) is 12.0. The summed E-state index contributed by atoms with van der Waals surface area (Å²) in [5, 5.41) is 4.31. The Kier molecular flexibility index (Phi) is 4.87. The number of carbonyl (C=O) groups is 1. The summed E-state index contributed by atoms with van der Waals surface area (Å²) in [5.74, 6) is -0.102. The lowest BCUT2D eigenvalue weighted by atomic mass is 10.0. The molecule has 1 amide bonds. The summed E-state index contributed by atoms with van der Waals surface area (Å²) in [6.45, 7) is 3.27. The highest BCUT2D eigenvalue weighted by atomic mass is 16.2. The molecule has 3 rings (SSSR count). The van der Waals surface area contributed by atoms with Crippen molar-refractivity contribution in [1.29, 1.82) is 0 Å². The molecule has 8 nitrogen and oxygen atoms in total. The number of likely N-dealkylation sites (tertiary alicyclic amines) is 1. The predicted octanol–water partition coefficient (Wildman–Crippen LogP) is 0.133. The molecule has 1 atom stereocenters. The number of hydrogen-bond acceptors (Lipinski definition) is 4. The van der Waals surface area contributed by atoms with Gasteiger partial charge in [0.1, 0.15) is 6.54 Å². The van der Waals surface area contributed by atoms with Crippen molar-refractivity contribution in [2.24, 2.45) is 7.05 Å². The SMILES string of the molecule is Cc1cnn(C[C@@H]2CCCCN2C(=O)Cn2ccc(=O)n(C)c2=O)c1. The van der Waals surface area contributed by atoms with Crippen LogP contribution in [0.4, 0.5) is 0 Å². The van der Waals surface area contributed by atoms with Gasteiger partial charge in [-0.25, -0.2) is 4.79 Å². The van der Waals surface area contributed by atoms with Gasteiger partial charge < -0.3 is 4.90 Å². The largest absolute Gasteiger partial charge is 0.336 e. The molecule has 0 aromatic carbocycles. The average Bonchev–Trinajstić information content (AvgIpc) is 3.00. The summed E-state index contributed by atoms with van der Waals surface area (Å²) < 4.78 is 4.16. The van der Waals surface area contributed by atoms with Crippen LogP contribution >= 0.6 is 0 Å². The third-order valence-electron chi connectivity index (χ3n) is 4.67. The molecule has 0 N–H and O–H groups in total. The van der Waals surface area contributed by atoms with Crippen LogP contribution in [-0.4, -0.2) is 42.3 Å². The van der Waals surface area contributed by atoms with E-state index in [0.29, 0.717) is 13.1 Å². The van der Waals surface area contributed by atoms with Gasteiger partial charge in [-0.15, -0.1) is 0 Å². The molecule has 0 radical (unpaired) electrons. The molecule has 1 saturated heterocycles. The lowest BCUT2D eigenvalue weighted by molar-refractivity contribution is -0.136. The van der Waals surface area contributed by atoms with Crippen molar-refractivity contribution in [3.63, 3.8) is 0 Å². The van der Waals surface area contributed by atoms with Gasteiger partial charge in [-0.3, -0.25) is 23.4 Å². The van der Waals surface area contributed by atoms with E-state index in [4.69, 9.17) is 0 Å². The van der Waals surface area contributed by atoms with Gasteiger partial charge in [0.05, 0.1) is 18.8 Å². The molecule has 2 aromatic rings. The van der Waals surface area contributed by atoms with Gasteiger partial charge in [0, 0.05) is 32.1 Å². The first-order valence-electron chi connectivity index (χ1n) is 8.50. The third kappa shape index (κ3) is 3.72. The van der Waals surface area contributed by atoms with Crippen LogP contribution in [0.2, 0.25) is 0 Å². The number of piperidine rings is 1. The van der Waals surface area contributed by atoms with Crippen LogP contribution in [-0.2, 0) is 24.9 Å². The quantitative estimate of drug-likeness (QED) is 0.789. The maximum Gasteiger partial charge on any atom is 0.331 e. The van der Waals surface area contributed by atoms with Crippen LogP contribution in [0.5, 0.6) is 0 Å². The van der Waals surface area contributed by atoms with Crippen molar-refractivity contribution in [3.05, 3.63) is 51.1 Å². The van der Waals surface area contributed by atoms with E-state index >= 15 is 0 Å². The van der Waals surface area contributed by atoms with Gasteiger partial charge in [-0.2, -0.15) is 5.10 Å². The van der Waals surface area contributed by atoms with E-state index in [1.165, 1.54) is 23.9 Å². The minimum atomic E-state index is -0.475. The van der Waals surface area contributed by atoms with Gasteiger partial charge in [0.15, 0.2) is 0 Å². The molecule has 25 heavy (non-hydrogen) atoms. The van der Waals surface area contributed by atoms with Crippen LogP contribution < -0.4 is 11.2 Å². The lowest BCUT2D eigenvalue weighted by Gasteiger charge is -2.36. The highest BCUT2D eigenvalue weighted by Gasteiger charge is 2.27. The fourth-order valence-electron chi connectivity index (χ4n) is 3.27. The maximum absolute atomic E-state index is 12.8. The van der Waals surface area contributed by atoms with Crippen molar-refractivity contribution in [2.45, 2.75) is 45.3 Å². The number of aryl methyl sites for hydroxylation is 1. The molecule has 1 fully saturated rings. The molecular weight excluding hydrogens is 322 g/mol. The molecule has 8 heteroatoms. The van der Waals surface area contributed by atoms with Gasteiger partial charge in [-0.05, 0) is 31.7 Å². The van der Waals surface area contributed by atoms with Crippen molar-refractivity contribution >= 4 is 5.91 Å². The maximum atomic E-state index is 12.8. The first-order valence-corrected chi connectivity index (χ1v) is 8.50. The van der Waals surface area contributed by atoms with Gasteiger partial charge in [0.25, 0.3) is 5.56 Å².